The third-order valence-corrected chi connectivity index (χ3v) is 6.09. The molecule has 0 atom stereocenters. The maximum atomic E-state index is 12.8. The second-order valence-electron chi connectivity index (χ2n) is 6.70. The predicted octanol–water partition coefficient (Wildman–Crippen LogP) is 5.49. The fourth-order valence-corrected chi connectivity index (χ4v) is 4.49. The van der Waals surface area contributed by atoms with Gasteiger partial charge in [0.25, 0.3) is 11.1 Å². The number of anilines is 2. The topological polar surface area (TPSA) is 40.6 Å². The molecule has 4 nitrogen and oxygen atoms in total. The molecule has 2 amide bonds. The average Bonchev–Trinajstić information content (AvgIpc) is 3.27. The summed E-state index contributed by atoms with van der Waals surface area (Å²) in [5, 5.41) is 0.0536. The van der Waals surface area contributed by atoms with E-state index in [1.54, 1.807) is 30.3 Å². The van der Waals surface area contributed by atoms with Gasteiger partial charge in [-0.15, -0.1) is 0 Å². The summed E-state index contributed by atoms with van der Waals surface area (Å²) in [5.74, 6) is -0.332. The Morgan fingerprint density at radius 3 is 2.52 bits per heavy atom. The molecule has 138 valence electrons. The smallest absolute Gasteiger partial charge is 0.298 e. The van der Waals surface area contributed by atoms with E-state index in [-0.39, 0.29) is 11.1 Å². The molecule has 2 aromatic carbocycles. The van der Waals surface area contributed by atoms with Crippen LogP contribution in [0.3, 0.4) is 0 Å². The van der Waals surface area contributed by atoms with Gasteiger partial charge in [-0.25, -0.2) is 4.90 Å². The van der Waals surface area contributed by atoms with E-state index in [1.807, 2.05) is 13.0 Å². The minimum absolute atomic E-state index is 0.328. The van der Waals surface area contributed by atoms with E-state index in [1.165, 1.54) is 18.5 Å². The van der Waals surface area contributed by atoms with E-state index in [4.69, 9.17) is 11.6 Å². The Morgan fingerprint density at radius 1 is 1.07 bits per heavy atom. The zero-order valence-electron chi connectivity index (χ0n) is 14.9. The van der Waals surface area contributed by atoms with Gasteiger partial charge in [0.1, 0.15) is 0 Å². The fraction of sp³-hybridized carbons (Fsp3) is 0.238. The molecule has 0 aromatic heterocycles. The number of thioether (sulfide) groups is 1. The summed E-state index contributed by atoms with van der Waals surface area (Å²) in [6.45, 7) is 4.22. The largest absolute Gasteiger partial charge is 0.372 e. The van der Waals surface area contributed by atoms with Crippen LogP contribution in [0.25, 0.3) is 6.08 Å². The van der Waals surface area contributed by atoms with Crippen LogP contribution in [0, 0.1) is 6.92 Å². The molecule has 6 heteroatoms. The molecule has 2 aromatic rings. The molecule has 2 saturated heterocycles. The van der Waals surface area contributed by atoms with Crippen molar-refractivity contribution in [3.05, 3.63) is 63.5 Å². The second kappa shape index (κ2) is 7.41. The lowest BCUT2D eigenvalue weighted by Crippen LogP contribution is -2.27. The predicted molar refractivity (Wildman–Crippen MR) is 113 cm³/mol. The van der Waals surface area contributed by atoms with Crippen molar-refractivity contribution >= 4 is 52.0 Å². The highest BCUT2D eigenvalue weighted by Crippen LogP contribution is 2.38. The van der Waals surface area contributed by atoms with Gasteiger partial charge in [0.2, 0.25) is 0 Å². The van der Waals surface area contributed by atoms with Gasteiger partial charge in [0, 0.05) is 18.8 Å². The van der Waals surface area contributed by atoms with Crippen LogP contribution in [0.15, 0.2) is 47.4 Å². The van der Waals surface area contributed by atoms with Crippen LogP contribution >= 0.6 is 23.4 Å². The van der Waals surface area contributed by atoms with Crippen LogP contribution in [0.1, 0.15) is 24.0 Å². The number of imide groups is 1. The van der Waals surface area contributed by atoms with E-state index >= 15 is 0 Å². The Labute approximate surface area is 167 Å². The standard InChI is InChI=1S/C21H19ClN2O2S/c1-14-12-16(23-10-4-5-11-23)9-8-15(14)13-19-20(25)24(21(26)27-19)18-7-3-2-6-17(18)22/h2-3,6-9,12-13H,4-5,10-11H2,1H3/b19-13-. The maximum Gasteiger partial charge on any atom is 0.298 e. The number of hydrogen-bond acceptors (Lipinski definition) is 4. The number of hydrogen-bond donors (Lipinski definition) is 0. The molecular formula is C21H19ClN2O2S. The first kappa shape index (κ1) is 18.1. The van der Waals surface area contributed by atoms with Crippen LogP contribution in [0.5, 0.6) is 0 Å². The fourth-order valence-electron chi connectivity index (χ4n) is 3.44. The van der Waals surface area contributed by atoms with Crippen LogP contribution in [0.4, 0.5) is 16.2 Å². The summed E-state index contributed by atoms with van der Waals surface area (Å²) >= 11 is 7.12. The Bertz CT molecular complexity index is 951. The quantitative estimate of drug-likeness (QED) is 0.641. The number of carbonyl (C=O) groups is 2. The highest BCUT2D eigenvalue weighted by atomic mass is 35.5. The van der Waals surface area contributed by atoms with Gasteiger partial charge < -0.3 is 4.90 Å². The minimum atomic E-state index is -0.332. The van der Waals surface area contributed by atoms with Crippen LogP contribution in [-0.2, 0) is 4.79 Å². The molecule has 0 bridgehead atoms. The van der Waals surface area contributed by atoms with Gasteiger partial charge in [-0.1, -0.05) is 29.8 Å². The number of nitrogens with zero attached hydrogens (tertiary/aromatic N) is 2. The van der Waals surface area contributed by atoms with Crippen LogP contribution in [-0.4, -0.2) is 24.2 Å². The first-order valence-electron chi connectivity index (χ1n) is 8.93. The lowest BCUT2D eigenvalue weighted by atomic mass is 10.1. The zero-order valence-corrected chi connectivity index (χ0v) is 16.5. The summed E-state index contributed by atoms with van der Waals surface area (Å²) in [5.41, 5.74) is 3.67. The molecule has 0 N–H and O–H groups in total. The van der Waals surface area contributed by atoms with E-state index in [0.717, 1.165) is 40.9 Å². The third-order valence-electron chi connectivity index (χ3n) is 4.90. The van der Waals surface area contributed by atoms with Crippen LogP contribution < -0.4 is 9.80 Å². The van der Waals surface area contributed by atoms with E-state index in [2.05, 4.69) is 17.0 Å². The first-order valence-corrected chi connectivity index (χ1v) is 10.1. The number of carbonyl (C=O) groups excluding carboxylic acids is 2. The average molecular weight is 399 g/mol. The summed E-state index contributed by atoms with van der Waals surface area (Å²) in [4.78, 5) is 29.2. The number of aryl methyl sites for hydroxylation is 1. The molecule has 0 radical (unpaired) electrons. The number of benzene rings is 2. The zero-order chi connectivity index (χ0) is 19.0. The van der Waals surface area contributed by atoms with Crippen molar-refractivity contribution in [3.8, 4) is 0 Å². The van der Waals surface area contributed by atoms with Crippen molar-refractivity contribution in [2.24, 2.45) is 0 Å². The molecule has 0 spiro atoms. The number of halogens is 1. The second-order valence-corrected chi connectivity index (χ2v) is 8.10. The highest BCUT2D eigenvalue weighted by Gasteiger charge is 2.37. The van der Waals surface area contributed by atoms with E-state index in [0.29, 0.717) is 15.6 Å². The Morgan fingerprint density at radius 2 is 1.81 bits per heavy atom. The van der Waals surface area contributed by atoms with Crippen LogP contribution in [0.2, 0.25) is 5.02 Å². The Hall–Kier alpha value is -2.24. The monoisotopic (exact) mass is 398 g/mol. The van der Waals surface area contributed by atoms with E-state index in [9.17, 15) is 9.59 Å². The molecule has 2 aliphatic rings. The van der Waals surface area contributed by atoms with Gasteiger partial charge >= 0.3 is 0 Å². The lowest BCUT2D eigenvalue weighted by molar-refractivity contribution is -0.113. The summed E-state index contributed by atoms with van der Waals surface area (Å²) in [6, 6.07) is 13.1. The molecule has 0 unspecified atom stereocenters. The lowest BCUT2D eigenvalue weighted by Gasteiger charge is -2.18. The van der Waals surface area contributed by atoms with Crippen molar-refractivity contribution in [3.63, 3.8) is 0 Å². The molecule has 4 rings (SSSR count). The normalized spacial score (nSPS) is 18.8. The van der Waals surface area contributed by atoms with Crippen molar-refractivity contribution < 1.29 is 9.59 Å². The molecule has 2 fully saturated rings. The number of amides is 2. The maximum absolute atomic E-state index is 12.8. The first-order chi connectivity index (χ1) is 13.0. The van der Waals surface area contributed by atoms with Gasteiger partial charge in [0.15, 0.2) is 0 Å². The van der Waals surface area contributed by atoms with Gasteiger partial charge in [0.05, 0.1) is 15.6 Å². The van der Waals surface area contributed by atoms with Crippen molar-refractivity contribution in [1.82, 2.24) is 0 Å². The van der Waals surface area contributed by atoms with Gasteiger partial charge in [-0.2, -0.15) is 0 Å². The summed E-state index contributed by atoms with van der Waals surface area (Å²) < 4.78 is 0. The minimum Gasteiger partial charge on any atom is -0.372 e. The number of rotatable bonds is 3. The van der Waals surface area contributed by atoms with Gasteiger partial charge in [-0.3, -0.25) is 9.59 Å². The summed E-state index contributed by atoms with van der Waals surface area (Å²) in [7, 11) is 0. The molecule has 2 aliphatic heterocycles. The molecule has 2 heterocycles. The van der Waals surface area contributed by atoms with Crippen molar-refractivity contribution in [1.29, 1.82) is 0 Å². The third kappa shape index (κ3) is 3.49. The molecule has 0 saturated carbocycles. The Kier molecular flexibility index (Phi) is 4.98. The molecule has 27 heavy (non-hydrogen) atoms. The van der Waals surface area contributed by atoms with E-state index < -0.39 is 0 Å². The SMILES string of the molecule is Cc1cc(N2CCCC2)ccc1/C=C1\SC(=O)N(c2ccccc2Cl)C1=O. The van der Waals surface area contributed by atoms with Gasteiger partial charge in [-0.05, 0) is 73.0 Å². The molecule has 0 aliphatic carbocycles. The highest BCUT2D eigenvalue weighted by molar-refractivity contribution is 8.19. The molecular weight excluding hydrogens is 380 g/mol. The number of para-hydroxylation sites is 1. The van der Waals surface area contributed by atoms with Crippen molar-refractivity contribution in [2.75, 3.05) is 22.9 Å². The summed E-state index contributed by atoms with van der Waals surface area (Å²) in [6.07, 6.45) is 4.26. The Balaban J connectivity index is 1.62. The van der Waals surface area contributed by atoms with Crippen molar-refractivity contribution in [2.45, 2.75) is 19.8 Å².